The first-order chi connectivity index (χ1) is 5.43. The molecule has 0 N–H and O–H groups in total. The third-order valence-corrected chi connectivity index (χ3v) is 2.21. The highest BCUT2D eigenvalue weighted by molar-refractivity contribution is 5.02. The largest absolute Gasteiger partial charge is 0.380 e. The Morgan fingerprint density at radius 2 is 2.09 bits per heavy atom. The van der Waals surface area contributed by atoms with Crippen molar-refractivity contribution in [3.8, 4) is 0 Å². The van der Waals surface area contributed by atoms with Crippen LogP contribution in [0.4, 0.5) is 0 Å². The maximum absolute atomic E-state index is 5.11. The predicted octanol–water partition coefficient (Wildman–Crippen LogP) is 2.91. The Labute approximate surface area is 69.4 Å². The van der Waals surface area contributed by atoms with Crippen molar-refractivity contribution < 1.29 is 4.74 Å². The molecule has 64 valence electrons. The Bertz CT molecular complexity index is 127. The minimum Gasteiger partial charge on any atom is -0.380 e. The fourth-order valence-electron chi connectivity index (χ4n) is 1.57. The molecule has 0 bridgehead atoms. The summed E-state index contributed by atoms with van der Waals surface area (Å²) in [7, 11) is 1.78. The summed E-state index contributed by atoms with van der Waals surface area (Å²) in [5.41, 5.74) is 1.51. The Kier molecular flexibility index (Phi) is 4.29. The lowest BCUT2D eigenvalue weighted by atomic mass is 10.0. The van der Waals surface area contributed by atoms with E-state index in [1.54, 1.807) is 7.11 Å². The minimum absolute atomic E-state index is 0.847. The van der Waals surface area contributed by atoms with Crippen LogP contribution in [0.5, 0.6) is 0 Å². The van der Waals surface area contributed by atoms with Crippen LogP contribution >= 0.6 is 0 Å². The van der Waals surface area contributed by atoms with Gasteiger partial charge in [-0.3, -0.25) is 0 Å². The molecule has 1 aliphatic carbocycles. The van der Waals surface area contributed by atoms with Gasteiger partial charge >= 0.3 is 0 Å². The van der Waals surface area contributed by atoms with Crippen LogP contribution < -0.4 is 0 Å². The zero-order valence-corrected chi connectivity index (χ0v) is 7.44. The molecule has 0 saturated carbocycles. The first-order valence-corrected chi connectivity index (χ1v) is 4.60. The number of methoxy groups -OCH3 is 1. The van der Waals surface area contributed by atoms with Gasteiger partial charge in [0.1, 0.15) is 0 Å². The average molecular weight is 154 g/mol. The van der Waals surface area contributed by atoms with Crippen molar-refractivity contribution in [3.63, 3.8) is 0 Å². The van der Waals surface area contributed by atoms with Gasteiger partial charge in [-0.1, -0.05) is 18.9 Å². The van der Waals surface area contributed by atoms with Crippen LogP contribution in [0.3, 0.4) is 0 Å². The molecule has 11 heavy (non-hydrogen) atoms. The number of ether oxygens (including phenoxy) is 1. The summed E-state index contributed by atoms with van der Waals surface area (Å²) in [6, 6.07) is 0. The average Bonchev–Trinajstić information content (AvgIpc) is 1.94. The van der Waals surface area contributed by atoms with Gasteiger partial charge in [0.2, 0.25) is 0 Å². The monoisotopic (exact) mass is 154 g/mol. The van der Waals surface area contributed by atoms with E-state index in [9.17, 15) is 0 Å². The fourth-order valence-corrected chi connectivity index (χ4v) is 1.57. The molecule has 0 saturated heterocycles. The van der Waals surface area contributed by atoms with E-state index in [-0.39, 0.29) is 0 Å². The summed E-state index contributed by atoms with van der Waals surface area (Å²) in [4.78, 5) is 0. The molecule has 0 aromatic rings. The van der Waals surface area contributed by atoms with Gasteiger partial charge in [0.05, 0.1) is 6.61 Å². The van der Waals surface area contributed by atoms with Gasteiger partial charge in [0.25, 0.3) is 0 Å². The van der Waals surface area contributed by atoms with Crippen LogP contribution in [-0.4, -0.2) is 13.7 Å². The highest BCUT2D eigenvalue weighted by atomic mass is 16.5. The standard InChI is InChI=1S/C10H18O/c1-11-9-10-7-5-3-2-4-6-8-10/h7H,2-6,8-9H2,1H3/b10-7+. The molecule has 0 spiro atoms. The SMILES string of the molecule is COC/C1=C/CCCCCC1. The molecule has 1 nitrogen and oxygen atoms in total. The van der Waals surface area contributed by atoms with E-state index in [0.29, 0.717) is 0 Å². The van der Waals surface area contributed by atoms with Crippen molar-refractivity contribution in [1.82, 2.24) is 0 Å². The summed E-state index contributed by atoms with van der Waals surface area (Å²) in [6.45, 7) is 0.847. The molecule has 0 unspecified atom stereocenters. The molecule has 0 aliphatic heterocycles. The molecule has 0 fully saturated rings. The van der Waals surface area contributed by atoms with Crippen LogP contribution in [0, 0.1) is 0 Å². The van der Waals surface area contributed by atoms with Gasteiger partial charge in [-0.2, -0.15) is 0 Å². The van der Waals surface area contributed by atoms with Crippen LogP contribution in [0.2, 0.25) is 0 Å². The molecule has 0 amide bonds. The van der Waals surface area contributed by atoms with Crippen LogP contribution in [0.1, 0.15) is 38.5 Å². The summed E-state index contributed by atoms with van der Waals surface area (Å²) in [5, 5.41) is 0. The number of allylic oxidation sites excluding steroid dienone is 1. The van der Waals surface area contributed by atoms with Crippen molar-refractivity contribution >= 4 is 0 Å². The van der Waals surface area contributed by atoms with E-state index >= 15 is 0 Å². The summed E-state index contributed by atoms with van der Waals surface area (Å²) in [6.07, 6.45) is 10.4. The Morgan fingerprint density at radius 3 is 2.91 bits per heavy atom. The van der Waals surface area contributed by atoms with Crippen molar-refractivity contribution in [2.24, 2.45) is 0 Å². The first-order valence-electron chi connectivity index (χ1n) is 4.60. The molecular weight excluding hydrogens is 136 g/mol. The minimum atomic E-state index is 0.847. The second-order valence-electron chi connectivity index (χ2n) is 3.25. The lowest BCUT2D eigenvalue weighted by Crippen LogP contribution is -1.97. The van der Waals surface area contributed by atoms with Gasteiger partial charge in [-0.15, -0.1) is 0 Å². The fraction of sp³-hybridized carbons (Fsp3) is 0.800. The number of rotatable bonds is 2. The molecule has 1 rings (SSSR count). The van der Waals surface area contributed by atoms with E-state index < -0.39 is 0 Å². The van der Waals surface area contributed by atoms with Gasteiger partial charge in [-0.25, -0.2) is 0 Å². The van der Waals surface area contributed by atoms with E-state index in [2.05, 4.69) is 6.08 Å². The lowest BCUT2D eigenvalue weighted by Gasteiger charge is -2.09. The molecular formula is C10H18O. The quantitative estimate of drug-likeness (QED) is 0.556. The second-order valence-corrected chi connectivity index (χ2v) is 3.25. The maximum atomic E-state index is 5.11. The molecule has 1 aliphatic rings. The van der Waals surface area contributed by atoms with Crippen molar-refractivity contribution in [2.75, 3.05) is 13.7 Å². The Hall–Kier alpha value is -0.300. The van der Waals surface area contributed by atoms with Crippen LogP contribution in [0.25, 0.3) is 0 Å². The molecule has 0 heterocycles. The van der Waals surface area contributed by atoms with E-state index in [1.807, 2.05) is 0 Å². The van der Waals surface area contributed by atoms with Gasteiger partial charge in [0, 0.05) is 7.11 Å². The number of hydrogen-bond donors (Lipinski definition) is 0. The van der Waals surface area contributed by atoms with Crippen molar-refractivity contribution in [2.45, 2.75) is 38.5 Å². The van der Waals surface area contributed by atoms with Crippen LogP contribution in [0.15, 0.2) is 11.6 Å². The van der Waals surface area contributed by atoms with E-state index in [4.69, 9.17) is 4.74 Å². The van der Waals surface area contributed by atoms with Gasteiger partial charge in [-0.05, 0) is 31.3 Å². The van der Waals surface area contributed by atoms with E-state index in [0.717, 1.165) is 6.61 Å². The van der Waals surface area contributed by atoms with Crippen molar-refractivity contribution in [1.29, 1.82) is 0 Å². The first kappa shape index (κ1) is 8.79. The lowest BCUT2D eigenvalue weighted by molar-refractivity contribution is 0.221. The predicted molar refractivity (Wildman–Crippen MR) is 47.7 cm³/mol. The van der Waals surface area contributed by atoms with Gasteiger partial charge in [0.15, 0.2) is 0 Å². The summed E-state index contributed by atoms with van der Waals surface area (Å²) in [5.74, 6) is 0. The zero-order chi connectivity index (χ0) is 7.94. The molecule has 0 radical (unpaired) electrons. The highest BCUT2D eigenvalue weighted by Crippen LogP contribution is 2.16. The van der Waals surface area contributed by atoms with Crippen LogP contribution in [-0.2, 0) is 4.74 Å². The third kappa shape index (κ3) is 3.57. The summed E-state index contributed by atoms with van der Waals surface area (Å²) >= 11 is 0. The molecule has 0 aromatic heterocycles. The second kappa shape index (κ2) is 5.36. The Morgan fingerprint density at radius 1 is 1.27 bits per heavy atom. The number of hydrogen-bond acceptors (Lipinski definition) is 1. The topological polar surface area (TPSA) is 9.23 Å². The molecule has 0 atom stereocenters. The van der Waals surface area contributed by atoms with Gasteiger partial charge < -0.3 is 4.74 Å². The zero-order valence-electron chi connectivity index (χ0n) is 7.44. The normalized spacial score (nSPS) is 25.0. The molecule has 1 heteroatoms. The maximum Gasteiger partial charge on any atom is 0.0672 e. The highest BCUT2D eigenvalue weighted by Gasteiger charge is 2.00. The van der Waals surface area contributed by atoms with E-state index in [1.165, 1.54) is 44.1 Å². The smallest absolute Gasteiger partial charge is 0.0672 e. The molecule has 0 aromatic carbocycles. The van der Waals surface area contributed by atoms with Crippen molar-refractivity contribution in [3.05, 3.63) is 11.6 Å². The third-order valence-electron chi connectivity index (χ3n) is 2.21. The summed E-state index contributed by atoms with van der Waals surface area (Å²) < 4.78 is 5.11. The Balaban J connectivity index is 2.32.